The molecule has 0 saturated carbocycles. The summed E-state index contributed by atoms with van der Waals surface area (Å²) in [6.07, 6.45) is 0. The number of rotatable bonds is 10. The summed E-state index contributed by atoms with van der Waals surface area (Å²) in [7, 11) is -5.79. The summed E-state index contributed by atoms with van der Waals surface area (Å²) in [5.74, 6) is 2.00. The average Bonchev–Trinajstić information content (AvgIpc) is 2.85. The Morgan fingerprint density at radius 1 is 0.460 bits per heavy atom. The van der Waals surface area contributed by atoms with Crippen LogP contribution in [0.15, 0.2) is 70.6 Å². The van der Waals surface area contributed by atoms with E-state index in [4.69, 9.17) is 20.6 Å². The van der Waals surface area contributed by atoms with E-state index in [0.717, 1.165) is 23.3 Å². The number of nitrogens with zero attached hydrogens (tertiary/aromatic N) is 7. The molecule has 0 aliphatic carbocycles. The molecule has 0 aromatic heterocycles. The van der Waals surface area contributed by atoms with Crippen LogP contribution in [0.4, 0.5) is 11.4 Å². The van der Waals surface area contributed by atoms with Gasteiger partial charge in [0.1, 0.15) is 0 Å². The number of guanidine groups is 2. The Bertz CT molecular complexity index is 1120. The van der Waals surface area contributed by atoms with Crippen LogP contribution in [0.25, 0.3) is 16.0 Å². The standard InChI is InChI=1S/2C13H32N3Si2.C12H10N.Ce/c2*1-11(2)14-13(15-12(3)4)16(17(5,6)7)18(8,9)10;1-3-7-11(8-4-1)13-12-9-5-2-6-10-12;/h2*11-12H,1-10H3;1-10H;/q3*-1;+3. The van der Waals surface area contributed by atoms with Crippen molar-refractivity contribution in [2.45, 2.75) is 158 Å². The Morgan fingerprint density at radius 3 is 0.880 bits per heavy atom. The number of aliphatic imine (C=N–C) groups is 2. The van der Waals surface area contributed by atoms with Crippen LogP contribution in [0.5, 0.6) is 0 Å². The van der Waals surface area contributed by atoms with E-state index >= 15 is 0 Å². The first kappa shape index (κ1) is 51.1. The molecular weight excluding hydrogens is 807 g/mol. The molecule has 0 saturated heterocycles. The smallest absolute Gasteiger partial charge is 0.658 e. The monoisotopic (exact) mass is 880 g/mol. The predicted molar refractivity (Wildman–Crippen MR) is 235 cm³/mol. The molecule has 50 heavy (non-hydrogen) atoms. The zero-order valence-electron chi connectivity index (χ0n) is 35.7. The molecule has 0 spiro atoms. The quantitative estimate of drug-likeness (QED) is 0.135. The van der Waals surface area contributed by atoms with Crippen LogP contribution in [0.3, 0.4) is 0 Å². The van der Waals surface area contributed by atoms with Crippen molar-refractivity contribution in [3.8, 4) is 0 Å². The van der Waals surface area contributed by atoms with E-state index in [0.29, 0.717) is 24.2 Å². The van der Waals surface area contributed by atoms with Gasteiger partial charge in [-0.15, -0.1) is 11.4 Å². The Labute approximate surface area is 348 Å². The minimum absolute atomic E-state index is 0. The zero-order chi connectivity index (χ0) is 38.4. The number of para-hydroxylation sites is 2. The average molecular weight is 882 g/mol. The van der Waals surface area contributed by atoms with E-state index in [1.54, 1.807) is 0 Å². The number of hydrogen-bond acceptors (Lipinski definition) is 2. The maximum Gasteiger partial charge on any atom is 3.00 e. The van der Waals surface area contributed by atoms with Gasteiger partial charge in [-0.1, -0.05) is 195 Å². The van der Waals surface area contributed by atoms with Crippen molar-refractivity contribution in [2.75, 3.05) is 0 Å². The Hall–Kier alpha value is -0.976. The third-order valence-corrected chi connectivity index (χ3v) is 20.6. The van der Waals surface area contributed by atoms with Crippen molar-refractivity contribution in [1.82, 2.24) is 8.46 Å². The summed E-state index contributed by atoms with van der Waals surface area (Å²) < 4.78 is 5.19. The van der Waals surface area contributed by atoms with Gasteiger partial charge in [-0.3, -0.25) is 0 Å². The fourth-order valence-electron chi connectivity index (χ4n) is 5.59. The summed E-state index contributed by atoms with van der Waals surface area (Å²) in [5, 5.41) is 14.0. The molecule has 0 heterocycles. The Kier molecular flexibility index (Phi) is 23.5. The fourth-order valence-corrected chi connectivity index (χ4v) is 24.5. The molecule has 2 rings (SSSR count). The van der Waals surface area contributed by atoms with Gasteiger partial charge in [0.2, 0.25) is 0 Å². The van der Waals surface area contributed by atoms with Crippen molar-refractivity contribution in [2.24, 2.45) is 9.98 Å². The zero-order valence-corrected chi connectivity index (χ0v) is 42.9. The molecule has 0 fully saturated rings. The Morgan fingerprint density at radius 2 is 0.700 bits per heavy atom. The first-order valence-corrected chi connectivity index (χ1v) is 31.9. The molecule has 0 aliphatic rings. The van der Waals surface area contributed by atoms with Crippen LogP contribution in [-0.4, -0.2) is 77.5 Å². The van der Waals surface area contributed by atoms with Gasteiger partial charge in [0.05, 0.1) is 32.9 Å². The molecule has 0 atom stereocenters. The first-order chi connectivity index (χ1) is 22.2. The molecule has 0 unspecified atom stereocenters. The molecule has 281 valence electrons. The number of hydrogen-bond donors (Lipinski definition) is 0. The van der Waals surface area contributed by atoms with E-state index in [-0.39, 0.29) is 41.7 Å². The summed E-state index contributed by atoms with van der Waals surface area (Å²) in [5.41, 5.74) is 1.99. The molecule has 0 N–H and O–H groups in total. The van der Waals surface area contributed by atoms with E-state index in [9.17, 15) is 0 Å². The summed E-state index contributed by atoms with van der Waals surface area (Å²) >= 11 is 0. The van der Waals surface area contributed by atoms with Crippen molar-refractivity contribution < 1.29 is 41.7 Å². The van der Waals surface area contributed by atoms with Gasteiger partial charge in [0.25, 0.3) is 0 Å². The normalized spacial score (nSPS) is 12.8. The van der Waals surface area contributed by atoms with Crippen molar-refractivity contribution in [1.29, 1.82) is 0 Å². The molecule has 1 radical (unpaired) electrons. The molecule has 12 heteroatoms. The van der Waals surface area contributed by atoms with Crippen LogP contribution in [0, 0.1) is 41.7 Å². The second-order valence-corrected chi connectivity index (χ2v) is 37.7. The topological polar surface area (TPSA) is 73.5 Å². The van der Waals surface area contributed by atoms with Crippen LogP contribution >= 0.6 is 0 Å². The van der Waals surface area contributed by atoms with Crippen molar-refractivity contribution in [3.63, 3.8) is 0 Å². The third kappa shape index (κ3) is 22.2. The second kappa shape index (κ2) is 22.9. The fraction of sp³-hybridized carbons (Fsp3) is 0.632. The SMILES string of the molecule is CC(C)N=C([N-]C(C)C)N([Si](C)(C)C)[Si](C)(C)C.CC(C)N=C([N-]C(C)C)N([Si](C)(C)C)[Si](C)(C)C.[Ce+3].c1ccc([N-]c2ccccc2)cc1. The second-order valence-electron chi connectivity index (χ2n) is 17.6. The van der Waals surface area contributed by atoms with Crippen LogP contribution in [0.1, 0.15) is 55.4 Å². The van der Waals surface area contributed by atoms with Gasteiger partial charge >= 0.3 is 41.7 Å². The largest absolute Gasteiger partial charge is 3.00 e. The van der Waals surface area contributed by atoms with Crippen molar-refractivity contribution >= 4 is 56.2 Å². The Balaban J connectivity index is 0. The molecule has 0 bridgehead atoms. The van der Waals surface area contributed by atoms with E-state index in [2.05, 4.69) is 148 Å². The van der Waals surface area contributed by atoms with E-state index < -0.39 is 32.9 Å². The summed E-state index contributed by atoms with van der Waals surface area (Å²) in [6, 6.07) is 21.1. The molecule has 2 aromatic carbocycles. The van der Waals surface area contributed by atoms with E-state index in [1.165, 1.54) is 0 Å². The molecule has 2 aromatic rings. The molecule has 0 amide bonds. The van der Waals surface area contributed by atoms with Crippen LogP contribution in [0.2, 0.25) is 78.6 Å². The maximum atomic E-state index is 4.80. The van der Waals surface area contributed by atoms with Crippen LogP contribution < -0.4 is 0 Å². The van der Waals surface area contributed by atoms with Gasteiger partial charge in [-0.2, -0.15) is 0 Å². The van der Waals surface area contributed by atoms with Crippen LogP contribution in [-0.2, 0) is 0 Å². The first-order valence-electron chi connectivity index (χ1n) is 18.2. The van der Waals surface area contributed by atoms with E-state index in [1.807, 2.05) is 60.7 Å². The van der Waals surface area contributed by atoms with Gasteiger partial charge in [-0.05, 0) is 24.2 Å². The minimum Gasteiger partial charge on any atom is -0.658 e. The maximum absolute atomic E-state index is 4.80. The summed E-state index contributed by atoms with van der Waals surface area (Å²) in [6.45, 7) is 45.6. The van der Waals surface area contributed by atoms with Gasteiger partial charge < -0.3 is 34.4 Å². The number of benzene rings is 2. The molecule has 0 aliphatic heterocycles. The minimum atomic E-state index is -1.45. The van der Waals surface area contributed by atoms with Crippen molar-refractivity contribution in [3.05, 3.63) is 76.6 Å². The summed E-state index contributed by atoms with van der Waals surface area (Å²) in [4.78, 5) is 9.59. The van der Waals surface area contributed by atoms with Gasteiger partial charge in [-0.25, -0.2) is 0 Å². The van der Waals surface area contributed by atoms with Gasteiger partial charge in [0.15, 0.2) is 0 Å². The molecule has 7 nitrogen and oxygen atoms in total. The predicted octanol–water partition coefficient (Wildman–Crippen LogP) is 13.0. The molecular formula is C38H74CeN7Si4. The third-order valence-electron chi connectivity index (χ3n) is 6.35. The van der Waals surface area contributed by atoms with Gasteiger partial charge in [0, 0.05) is 11.9 Å².